The molecule has 2 aromatic carbocycles. The van der Waals surface area contributed by atoms with Crippen molar-refractivity contribution in [2.45, 2.75) is 18.7 Å². The van der Waals surface area contributed by atoms with Crippen molar-refractivity contribution in [1.82, 2.24) is 9.78 Å². The molecule has 0 radical (unpaired) electrons. The average molecular weight is 357 g/mol. The zero-order valence-corrected chi connectivity index (χ0v) is 15.0. The molecule has 0 atom stereocenters. The van der Waals surface area contributed by atoms with Crippen LogP contribution in [-0.4, -0.2) is 25.3 Å². The van der Waals surface area contributed by atoms with E-state index in [4.69, 9.17) is 4.74 Å². The molecule has 130 valence electrons. The largest absolute Gasteiger partial charge is 0.495 e. The molecule has 0 spiro atoms. The second kappa shape index (κ2) is 6.60. The molecule has 0 aliphatic heterocycles. The number of nitrogens with one attached hydrogen (secondary N) is 1. The van der Waals surface area contributed by atoms with Crippen LogP contribution >= 0.6 is 0 Å². The van der Waals surface area contributed by atoms with E-state index in [1.807, 2.05) is 30.3 Å². The standard InChI is InChI=1S/C18H19N3O3S/c1-13-18(14(2)21(19-13)15-9-5-4-6-10-15)25(22,23)20-16-11-7-8-12-17(16)24-3/h4-12,20H,1-3H3. The van der Waals surface area contributed by atoms with Gasteiger partial charge in [0.1, 0.15) is 10.6 Å². The van der Waals surface area contributed by atoms with Gasteiger partial charge in [0.2, 0.25) is 0 Å². The molecule has 0 bridgehead atoms. The highest BCUT2D eigenvalue weighted by atomic mass is 32.2. The number of aryl methyl sites for hydroxylation is 1. The number of anilines is 1. The molecule has 0 unspecified atom stereocenters. The van der Waals surface area contributed by atoms with Gasteiger partial charge in [-0.2, -0.15) is 5.10 Å². The minimum absolute atomic E-state index is 0.169. The van der Waals surface area contributed by atoms with Crippen molar-refractivity contribution >= 4 is 15.7 Å². The minimum Gasteiger partial charge on any atom is -0.495 e. The molecule has 25 heavy (non-hydrogen) atoms. The summed E-state index contributed by atoms with van der Waals surface area (Å²) >= 11 is 0. The van der Waals surface area contributed by atoms with Gasteiger partial charge in [0.25, 0.3) is 10.0 Å². The lowest BCUT2D eigenvalue weighted by Crippen LogP contribution is -2.15. The lowest BCUT2D eigenvalue weighted by atomic mass is 10.3. The maximum atomic E-state index is 12.9. The van der Waals surface area contributed by atoms with Crippen molar-refractivity contribution in [1.29, 1.82) is 0 Å². The monoisotopic (exact) mass is 357 g/mol. The highest BCUT2D eigenvalue weighted by molar-refractivity contribution is 7.92. The molecule has 1 heterocycles. The number of nitrogens with zero attached hydrogens (tertiary/aromatic N) is 2. The topological polar surface area (TPSA) is 73.2 Å². The van der Waals surface area contributed by atoms with E-state index in [1.54, 1.807) is 42.8 Å². The Balaban J connectivity index is 2.05. The molecule has 0 aliphatic rings. The summed E-state index contributed by atoms with van der Waals surface area (Å²) in [4.78, 5) is 0.169. The molecule has 0 saturated carbocycles. The Morgan fingerprint density at radius 2 is 1.64 bits per heavy atom. The molecular weight excluding hydrogens is 338 g/mol. The van der Waals surface area contributed by atoms with Crippen molar-refractivity contribution in [2.24, 2.45) is 0 Å². The van der Waals surface area contributed by atoms with Crippen molar-refractivity contribution in [3.63, 3.8) is 0 Å². The Kier molecular flexibility index (Phi) is 4.50. The van der Waals surface area contributed by atoms with E-state index >= 15 is 0 Å². The van der Waals surface area contributed by atoms with Gasteiger partial charge in [0, 0.05) is 0 Å². The molecule has 3 rings (SSSR count). The number of ether oxygens (including phenoxy) is 1. The number of rotatable bonds is 5. The summed E-state index contributed by atoms with van der Waals surface area (Å²) in [6.07, 6.45) is 0. The number of para-hydroxylation sites is 3. The molecule has 0 amide bonds. The first kappa shape index (κ1) is 17.0. The molecule has 1 N–H and O–H groups in total. The summed E-state index contributed by atoms with van der Waals surface area (Å²) in [6, 6.07) is 16.3. The van der Waals surface area contributed by atoms with Gasteiger partial charge in [0.15, 0.2) is 0 Å². The van der Waals surface area contributed by atoms with Crippen LogP contribution in [-0.2, 0) is 10.0 Å². The Labute approximate surface area is 147 Å². The van der Waals surface area contributed by atoms with Crippen LogP contribution in [0.15, 0.2) is 59.5 Å². The normalized spacial score (nSPS) is 11.3. The number of methoxy groups -OCH3 is 1. The van der Waals surface area contributed by atoms with Crippen LogP contribution in [0.1, 0.15) is 11.4 Å². The van der Waals surface area contributed by atoms with Gasteiger partial charge in [-0.3, -0.25) is 4.72 Å². The fourth-order valence-electron chi connectivity index (χ4n) is 2.76. The maximum Gasteiger partial charge on any atom is 0.265 e. The van der Waals surface area contributed by atoms with E-state index in [0.29, 0.717) is 22.8 Å². The third-order valence-corrected chi connectivity index (χ3v) is 5.46. The van der Waals surface area contributed by atoms with Gasteiger partial charge >= 0.3 is 0 Å². The summed E-state index contributed by atoms with van der Waals surface area (Å²) in [5, 5.41) is 4.40. The van der Waals surface area contributed by atoms with Gasteiger partial charge < -0.3 is 4.74 Å². The zero-order chi connectivity index (χ0) is 18.0. The van der Waals surface area contributed by atoms with Gasteiger partial charge in [0.05, 0.1) is 29.9 Å². The number of benzene rings is 2. The zero-order valence-electron chi connectivity index (χ0n) is 14.2. The highest BCUT2D eigenvalue weighted by Gasteiger charge is 2.26. The summed E-state index contributed by atoms with van der Waals surface area (Å²) in [5.74, 6) is 0.455. The van der Waals surface area contributed by atoms with E-state index in [9.17, 15) is 8.42 Å². The van der Waals surface area contributed by atoms with Crippen molar-refractivity contribution < 1.29 is 13.2 Å². The lowest BCUT2D eigenvalue weighted by Gasteiger charge is -2.12. The van der Waals surface area contributed by atoms with Crippen molar-refractivity contribution in [3.8, 4) is 11.4 Å². The van der Waals surface area contributed by atoms with Crippen LogP contribution in [0, 0.1) is 13.8 Å². The van der Waals surface area contributed by atoms with Gasteiger partial charge in [-0.25, -0.2) is 13.1 Å². The summed E-state index contributed by atoms with van der Waals surface area (Å²) in [6.45, 7) is 3.42. The van der Waals surface area contributed by atoms with Crippen LogP contribution in [0.4, 0.5) is 5.69 Å². The number of aromatic nitrogens is 2. The first-order chi connectivity index (χ1) is 11.9. The Morgan fingerprint density at radius 3 is 2.32 bits per heavy atom. The Hall–Kier alpha value is -2.80. The van der Waals surface area contributed by atoms with Crippen LogP contribution in [0.2, 0.25) is 0 Å². The lowest BCUT2D eigenvalue weighted by molar-refractivity contribution is 0.417. The molecule has 7 heteroatoms. The summed E-state index contributed by atoms with van der Waals surface area (Å²) < 4.78 is 35.3. The predicted molar refractivity (Wildman–Crippen MR) is 96.8 cm³/mol. The fraction of sp³-hybridized carbons (Fsp3) is 0.167. The maximum absolute atomic E-state index is 12.9. The first-order valence-electron chi connectivity index (χ1n) is 7.71. The van der Waals surface area contributed by atoms with E-state index in [2.05, 4.69) is 9.82 Å². The summed E-state index contributed by atoms with van der Waals surface area (Å²) in [5.41, 5.74) is 2.17. The van der Waals surface area contributed by atoms with Gasteiger partial charge in [-0.05, 0) is 38.1 Å². The van der Waals surface area contributed by atoms with Crippen LogP contribution in [0.5, 0.6) is 5.75 Å². The molecule has 6 nitrogen and oxygen atoms in total. The van der Waals surface area contributed by atoms with Crippen LogP contribution < -0.4 is 9.46 Å². The second-order valence-corrected chi connectivity index (χ2v) is 7.17. The predicted octanol–water partition coefficient (Wildman–Crippen LogP) is 3.30. The minimum atomic E-state index is -3.81. The quantitative estimate of drug-likeness (QED) is 0.760. The molecular formula is C18H19N3O3S. The summed E-state index contributed by atoms with van der Waals surface area (Å²) in [7, 11) is -2.31. The van der Waals surface area contributed by atoms with Crippen molar-refractivity contribution in [2.75, 3.05) is 11.8 Å². The first-order valence-corrected chi connectivity index (χ1v) is 9.20. The molecule has 0 aliphatic carbocycles. The number of hydrogen-bond donors (Lipinski definition) is 1. The molecule has 1 aromatic heterocycles. The average Bonchev–Trinajstić information content (AvgIpc) is 2.91. The Morgan fingerprint density at radius 1 is 1.00 bits per heavy atom. The highest BCUT2D eigenvalue weighted by Crippen LogP contribution is 2.29. The van der Waals surface area contributed by atoms with E-state index in [1.165, 1.54) is 7.11 Å². The van der Waals surface area contributed by atoms with Gasteiger partial charge in [-0.15, -0.1) is 0 Å². The third-order valence-electron chi connectivity index (χ3n) is 3.85. The number of hydrogen-bond acceptors (Lipinski definition) is 4. The molecule has 3 aromatic rings. The van der Waals surface area contributed by atoms with E-state index < -0.39 is 10.0 Å². The third kappa shape index (κ3) is 3.23. The fourth-order valence-corrected chi connectivity index (χ4v) is 4.23. The smallest absolute Gasteiger partial charge is 0.265 e. The molecule has 0 fully saturated rings. The molecule has 0 saturated heterocycles. The SMILES string of the molecule is COc1ccccc1NS(=O)(=O)c1c(C)nn(-c2ccccc2)c1C. The van der Waals surface area contributed by atoms with Gasteiger partial charge in [-0.1, -0.05) is 30.3 Å². The number of sulfonamides is 1. The van der Waals surface area contributed by atoms with Crippen LogP contribution in [0.25, 0.3) is 5.69 Å². The second-order valence-electron chi connectivity index (χ2n) is 5.55. The Bertz CT molecular complexity index is 996. The van der Waals surface area contributed by atoms with E-state index in [-0.39, 0.29) is 4.90 Å². The van der Waals surface area contributed by atoms with E-state index in [0.717, 1.165) is 5.69 Å². The van der Waals surface area contributed by atoms with Crippen LogP contribution in [0.3, 0.4) is 0 Å². The van der Waals surface area contributed by atoms with Crippen molar-refractivity contribution in [3.05, 3.63) is 66.0 Å².